The Hall–Kier alpha value is -1.79. The molecule has 2 N–H and O–H groups in total. The zero-order valence-electron chi connectivity index (χ0n) is 13.8. The second-order valence-corrected chi connectivity index (χ2v) is 6.86. The molecule has 23 heavy (non-hydrogen) atoms. The summed E-state index contributed by atoms with van der Waals surface area (Å²) in [4.78, 5) is 15.3. The van der Waals surface area contributed by atoms with E-state index in [9.17, 15) is 14.3 Å². The summed E-state index contributed by atoms with van der Waals surface area (Å²) < 4.78 is 19.2. The summed E-state index contributed by atoms with van der Waals surface area (Å²) in [7, 11) is 0. The monoisotopic (exact) mass is 322 g/mol. The van der Waals surface area contributed by atoms with Crippen molar-refractivity contribution in [2.45, 2.75) is 52.2 Å². The number of halogens is 1. The molecule has 3 unspecified atom stereocenters. The van der Waals surface area contributed by atoms with Gasteiger partial charge in [0.05, 0.1) is 17.2 Å². The van der Waals surface area contributed by atoms with Crippen LogP contribution >= 0.6 is 0 Å². The fourth-order valence-corrected chi connectivity index (χ4v) is 2.11. The molecule has 126 valence electrons. The number of hydrogen-bond donors (Lipinski definition) is 2. The first kappa shape index (κ1) is 17.6. The topological polar surface area (TPSA) is 70.9 Å². The van der Waals surface area contributed by atoms with Crippen molar-refractivity contribution in [3.05, 3.63) is 29.1 Å². The normalized spacial score (nSPS) is 22.2. The molecule has 2 rings (SSSR count). The number of aliphatic hydroxyl groups excluding tert-OH is 1. The van der Waals surface area contributed by atoms with Gasteiger partial charge >= 0.3 is 0 Å². The van der Waals surface area contributed by atoms with Crippen LogP contribution in [0, 0.1) is 11.7 Å². The highest BCUT2D eigenvalue weighted by atomic mass is 19.1. The Labute approximate surface area is 135 Å². The maximum Gasteiger partial charge on any atom is 0.235 e. The summed E-state index contributed by atoms with van der Waals surface area (Å²) in [6.07, 6.45) is 1.78. The summed E-state index contributed by atoms with van der Waals surface area (Å²) >= 11 is 0. The van der Waals surface area contributed by atoms with Gasteiger partial charge in [-0.05, 0) is 45.2 Å². The number of aliphatic imine (C=N–C) groups is 1. The summed E-state index contributed by atoms with van der Waals surface area (Å²) in [6.45, 7) is 7.49. The van der Waals surface area contributed by atoms with E-state index in [2.05, 4.69) is 17.2 Å². The van der Waals surface area contributed by atoms with Crippen LogP contribution in [0.15, 0.2) is 17.1 Å². The lowest BCUT2D eigenvalue weighted by molar-refractivity contribution is -0.148. The minimum absolute atomic E-state index is 0.0490. The van der Waals surface area contributed by atoms with Crippen LogP contribution in [0.2, 0.25) is 0 Å². The molecule has 0 saturated heterocycles. The number of aldehydes is 1. The third-order valence-corrected chi connectivity index (χ3v) is 3.51. The van der Waals surface area contributed by atoms with Crippen LogP contribution in [-0.2, 0) is 4.74 Å². The van der Waals surface area contributed by atoms with Gasteiger partial charge in [-0.25, -0.2) is 4.39 Å². The minimum Gasteiger partial charge on any atom is -0.351 e. The number of nitrogens with one attached hydrogen (secondary N) is 1. The van der Waals surface area contributed by atoms with Gasteiger partial charge in [0, 0.05) is 17.5 Å². The van der Waals surface area contributed by atoms with E-state index in [4.69, 9.17) is 4.74 Å². The largest absolute Gasteiger partial charge is 0.351 e. The number of anilines is 1. The second-order valence-electron chi connectivity index (χ2n) is 6.86. The first-order valence-corrected chi connectivity index (χ1v) is 7.64. The van der Waals surface area contributed by atoms with Gasteiger partial charge < -0.3 is 15.2 Å². The van der Waals surface area contributed by atoms with Crippen molar-refractivity contribution in [3.63, 3.8) is 0 Å². The van der Waals surface area contributed by atoms with Crippen molar-refractivity contribution in [2.24, 2.45) is 10.9 Å². The van der Waals surface area contributed by atoms with Gasteiger partial charge in [-0.15, -0.1) is 0 Å². The zero-order valence-corrected chi connectivity index (χ0v) is 13.8. The molecule has 0 amide bonds. The van der Waals surface area contributed by atoms with Crippen molar-refractivity contribution in [1.29, 1.82) is 0 Å². The molecule has 0 aromatic heterocycles. The molecule has 1 aliphatic carbocycles. The van der Waals surface area contributed by atoms with Gasteiger partial charge in [0.15, 0.2) is 6.29 Å². The molecule has 6 heteroatoms. The Kier molecular flexibility index (Phi) is 5.16. The van der Waals surface area contributed by atoms with Crippen molar-refractivity contribution < 1.29 is 19.0 Å². The van der Waals surface area contributed by atoms with Crippen LogP contribution < -0.4 is 5.32 Å². The Bertz CT molecular complexity index is 611. The predicted molar refractivity (Wildman–Crippen MR) is 87.4 cm³/mol. The fourth-order valence-electron chi connectivity index (χ4n) is 2.11. The zero-order chi connectivity index (χ0) is 17.2. The van der Waals surface area contributed by atoms with Crippen molar-refractivity contribution >= 4 is 18.2 Å². The first-order valence-electron chi connectivity index (χ1n) is 7.64. The highest BCUT2D eigenvalue weighted by Crippen LogP contribution is 2.33. The van der Waals surface area contributed by atoms with E-state index in [0.29, 0.717) is 23.5 Å². The van der Waals surface area contributed by atoms with Crippen LogP contribution in [0.4, 0.5) is 10.1 Å². The number of aliphatic hydroxyl groups is 1. The number of benzene rings is 1. The van der Waals surface area contributed by atoms with Crippen molar-refractivity contribution in [1.82, 2.24) is 0 Å². The summed E-state index contributed by atoms with van der Waals surface area (Å²) in [5.41, 5.74) is 0.240. The summed E-state index contributed by atoms with van der Waals surface area (Å²) in [5, 5.41) is 12.6. The minimum atomic E-state index is -1.30. The Morgan fingerprint density at radius 1 is 1.43 bits per heavy atom. The molecular weight excluding hydrogens is 299 g/mol. The van der Waals surface area contributed by atoms with E-state index in [1.54, 1.807) is 27.0 Å². The van der Waals surface area contributed by atoms with Gasteiger partial charge in [-0.1, -0.05) is 6.92 Å². The Morgan fingerprint density at radius 3 is 2.61 bits per heavy atom. The van der Waals surface area contributed by atoms with E-state index < -0.39 is 17.8 Å². The van der Waals surface area contributed by atoms with Crippen LogP contribution in [0.5, 0.6) is 0 Å². The molecule has 0 radical (unpaired) electrons. The number of ether oxygens (including phenoxy) is 1. The molecule has 3 atom stereocenters. The van der Waals surface area contributed by atoms with Crippen LogP contribution in [0.1, 0.15) is 50.0 Å². The first-order chi connectivity index (χ1) is 10.7. The van der Waals surface area contributed by atoms with Crippen molar-refractivity contribution in [3.8, 4) is 0 Å². The SMILES string of the molecule is CC1CC1N=Cc1cc(C=O)c(F)cc1NC(O)OC(C)(C)C. The Morgan fingerprint density at radius 2 is 2.09 bits per heavy atom. The average molecular weight is 322 g/mol. The maximum absolute atomic E-state index is 13.9. The van der Waals surface area contributed by atoms with Gasteiger partial charge in [0.25, 0.3) is 0 Å². The lowest BCUT2D eigenvalue weighted by atomic mass is 10.1. The molecule has 1 aliphatic rings. The van der Waals surface area contributed by atoms with Gasteiger partial charge in [0.2, 0.25) is 6.41 Å². The maximum atomic E-state index is 13.9. The van der Waals surface area contributed by atoms with E-state index in [0.717, 1.165) is 12.5 Å². The standard InChI is InChI=1S/C17H23FN2O3/c1-10-5-14(10)19-8-11-6-12(9-21)13(18)7-15(11)20-16(22)23-17(2,3)4/h6-10,14,16,20,22H,5H2,1-4H3. The Balaban J connectivity index is 2.23. The van der Waals surface area contributed by atoms with E-state index >= 15 is 0 Å². The highest BCUT2D eigenvalue weighted by molar-refractivity contribution is 5.91. The number of carbonyl (C=O) groups is 1. The van der Waals surface area contributed by atoms with Crippen LogP contribution in [0.25, 0.3) is 0 Å². The smallest absolute Gasteiger partial charge is 0.235 e. The third kappa shape index (κ3) is 5.11. The average Bonchev–Trinajstić information content (AvgIpc) is 3.11. The molecule has 0 spiro atoms. The lowest BCUT2D eigenvalue weighted by Gasteiger charge is -2.25. The number of hydrogen-bond acceptors (Lipinski definition) is 5. The molecule has 1 aromatic rings. The van der Waals surface area contributed by atoms with Crippen LogP contribution in [-0.4, -0.2) is 35.7 Å². The summed E-state index contributed by atoms with van der Waals surface area (Å²) in [5.74, 6) is -0.120. The second kappa shape index (κ2) is 6.76. The summed E-state index contributed by atoms with van der Waals surface area (Å²) in [6, 6.07) is 2.84. The molecule has 0 heterocycles. The van der Waals surface area contributed by atoms with E-state index in [-0.39, 0.29) is 11.6 Å². The van der Waals surface area contributed by atoms with Gasteiger partial charge in [-0.3, -0.25) is 9.79 Å². The third-order valence-electron chi connectivity index (χ3n) is 3.51. The predicted octanol–water partition coefficient (Wildman–Crippen LogP) is 2.97. The van der Waals surface area contributed by atoms with Gasteiger partial charge in [-0.2, -0.15) is 0 Å². The quantitative estimate of drug-likeness (QED) is 0.480. The number of carbonyl (C=O) groups excluding carboxylic acids is 1. The molecule has 1 saturated carbocycles. The number of nitrogens with zero attached hydrogens (tertiary/aromatic N) is 1. The van der Waals surface area contributed by atoms with Crippen molar-refractivity contribution in [2.75, 3.05) is 5.32 Å². The molecule has 1 fully saturated rings. The molecular formula is C17H23FN2O3. The molecule has 0 aliphatic heterocycles. The molecule has 0 bridgehead atoms. The van der Waals surface area contributed by atoms with E-state index in [1.165, 1.54) is 6.07 Å². The highest BCUT2D eigenvalue weighted by Gasteiger charge is 2.31. The fraction of sp³-hybridized carbons (Fsp3) is 0.529. The molecule has 5 nitrogen and oxygen atoms in total. The van der Waals surface area contributed by atoms with Gasteiger partial charge in [0.1, 0.15) is 5.82 Å². The number of rotatable bonds is 6. The van der Waals surface area contributed by atoms with Crippen LogP contribution in [0.3, 0.4) is 0 Å². The molecule has 1 aromatic carbocycles. The van der Waals surface area contributed by atoms with E-state index in [1.807, 2.05) is 0 Å². The lowest BCUT2D eigenvalue weighted by Crippen LogP contribution is -2.32.